The summed E-state index contributed by atoms with van der Waals surface area (Å²) in [5, 5.41) is 0. The average Bonchev–Trinajstić information content (AvgIpc) is 2.33. The molecule has 1 heterocycles. The maximum atomic E-state index is 5.86. The highest BCUT2D eigenvalue weighted by atomic mass is 16.5. The van der Waals surface area contributed by atoms with E-state index in [-0.39, 0.29) is 5.60 Å². The molecule has 1 fully saturated rings. The molecule has 1 aliphatic heterocycles. The summed E-state index contributed by atoms with van der Waals surface area (Å²) in [6.45, 7) is 10.1. The fourth-order valence-corrected chi connectivity index (χ4v) is 1.58. The minimum Gasteiger partial charge on any atom is -0.492 e. The van der Waals surface area contributed by atoms with Crippen LogP contribution in [0.5, 0.6) is 0 Å². The Morgan fingerprint density at radius 3 is 2.75 bits per heavy atom. The van der Waals surface area contributed by atoms with E-state index in [0.717, 1.165) is 19.3 Å². The van der Waals surface area contributed by atoms with Crippen LogP contribution in [0.1, 0.15) is 40.0 Å². The third kappa shape index (κ3) is 1.90. The largest absolute Gasteiger partial charge is 0.492 e. The molecular weight excluding hydrogens is 148 g/mol. The van der Waals surface area contributed by atoms with Gasteiger partial charge in [0, 0.05) is 12.8 Å². The second kappa shape index (κ2) is 3.34. The first-order valence-corrected chi connectivity index (χ1v) is 4.54. The van der Waals surface area contributed by atoms with Gasteiger partial charge in [0.05, 0.1) is 5.76 Å². The first-order chi connectivity index (χ1) is 5.57. The van der Waals surface area contributed by atoms with Crippen molar-refractivity contribution in [2.24, 2.45) is 0 Å². The summed E-state index contributed by atoms with van der Waals surface area (Å²) in [6.07, 6.45) is 5.10. The number of hydrogen-bond acceptors (Lipinski definition) is 1. The van der Waals surface area contributed by atoms with Gasteiger partial charge in [0.2, 0.25) is 0 Å². The molecule has 0 spiro atoms. The Hall–Kier alpha value is -0.720. The quantitative estimate of drug-likeness (QED) is 0.571. The lowest BCUT2D eigenvalue weighted by Gasteiger charge is -2.22. The molecule has 0 N–H and O–H groups in total. The minimum absolute atomic E-state index is 0.0222. The molecule has 0 aromatic heterocycles. The molecule has 1 atom stereocenters. The summed E-state index contributed by atoms with van der Waals surface area (Å²) in [6, 6.07) is 0. The Kier molecular flexibility index (Phi) is 2.61. The van der Waals surface area contributed by atoms with Crippen LogP contribution >= 0.6 is 0 Å². The zero-order chi connectivity index (χ0) is 9.19. The Balaban J connectivity index is 2.66. The molecule has 0 amide bonds. The van der Waals surface area contributed by atoms with Crippen molar-refractivity contribution >= 4 is 0 Å². The summed E-state index contributed by atoms with van der Waals surface area (Å²) in [5.74, 6) is 1.18. The van der Waals surface area contributed by atoms with Gasteiger partial charge in [-0.15, -0.1) is 6.58 Å². The predicted molar refractivity (Wildman–Crippen MR) is 51.9 cm³/mol. The molecule has 0 radical (unpaired) electrons. The van der Waals surface area contributed by atoms with Crippen molar-refractivity contribution in [1.29, 1.82) is 0 Å². The first-order valence-electron chi connectivity index (χ1n) is 4.54. The van der Waals surface area contributed by atoms with Gasteiger partial charge in [-0.1, -0.05) is 6.08 Å². The van der Waals surface area contributed by atoms with Crippen molar-refractivity contribution < 1.29 is 4.74 Å². The molecule has 1 unspecified atom stereocenters. The fourth-order valence-electron chi connectivity index (χ4n) is 1.58. The van der Waals surface area contributed by atoms with Crippen LogP contribution in [-0.2, 0) is 4.74 Å². The summed E-state index contributed by atoms with van der Waals surface area (Å²) < 4.78 is 5.86. The summed E-state index contributed by atoms with van der Waals surface area (Å²) in [5.41, 5.74) is 1.33. The molecular formula is C11H18O. The van der Waals surface area contributed by atoms with E-state index < -0.39 is 0 Å². The second-order valence-electron chi connectivity index (χ2n) is 3.97. The molecule has 1 saturated heterocycles. The molecule has 0 saturated carbocycles. The zero-order valence-electron chi connectivity index (χ0n) is 8.31. The van der Waals surface area contributed by atoms with Gasteiger partial charge in [0.1, 0.15) is 5.60 Å². The first kappa shape index (κ1) is 9.37. The predicted octanol–water partition coefficient (Wildman–Crippen LogP) is 3.43. The van der Waals surface area contributed by atoms with Gasteiger partial charge in [0.15, 0.2) is 0 Å². The molecule has 0 aromatic carbocycles. The molecule has 0 aromatic rings. The summed E-state index contributed by atoms with van der Waals surface area (Å²) in [7, 11) is 0. The average molecular weight is 166 g/mol. The highest BCUT2D eigenvalue weighted by molar-refractivity contribution is 5.10. The smallest absolute Gasteiger partial charge is 0.110 e. The third-order valence-electron chi connectivity index (χ3n) is 2.38. The van der Waals surface area contributed by atoms with Gasteiger partial charge < -0.3 is 4.74 Å². The lowest BCUT2D eigenvalue weighted by molar-refractivity contribution is 0.0594. The van der Waals surface area contributed by atoms with E-state index in [1.807, 2.05) is 6.08 Å². The van der Waals surface area contributed by atoms with E-state index in [9.17, 15) is 0 Å². The lowest BCUT2D eigenvalue weighted by Crippen LogP contribution is -2.21. The van der Waals surface area contributed by atoms with Crippen molar-refractivity contribution in [3.05, 3.63) is 24.0 Å². The Bertz CT molecular complexity index is 211. The van der Waals surface area contributed by atoms with E-state index in [4.69, 9.17) is 4.74 Å². The van der Waals surface area contributed by atoms with Gasteiger partial charge in [0.25, 0.3) is 0 Å². The van der Waals surface area contributed by atoms with Gasteiger partial charge in [-0.2, -0.15) is 0 Å². The van der Waals surface area contributed by atoms with Crippen molar-refractivity contribution in [3.8, 4) is 0 Å². The van der Waals surface area contributed by atoms with Crippen LogP contribution in [0.25, 0.3) is 0 Å². The molecule has 1 nitrogen and oxygen atoms in total. The standard InChI is InChI=1S/C11H18O/c1-5-7-11(4)8-6-10(12-11)9(2)3/h5H,1,6-8H2,2-4H3. The normalized spacial score (nSPS) is 28.4. The molecule has 1 heteroatoms. The lowest BCUT2D eigenvalue weighted by atomic mass is 9.99. The molecule has 1 rings (SSSR count). The van der Waals surface area contributed by atoms with Crippen LogP contribution in [0.15, 0.2) is 24.0 Å². The van der Waals surface area contributed by atoms with E-state index in [1.165, 1.54) is 11.3 Å². The molecule has 68 valence electrons. The van der Waals surface area contributed by atoms with Gasteiger partial charge in [-0.25, -0.2) is 0 Å². The SMILES string of the molecule is C=CCC1(C)CCC(=C(C)C)O1. The summed E-state index contributed by atoms with van der Waals surface area (Å²) >= 11 is 0. The maximum Gasteiger partial charge on any atom is 0.110 e. The number of hydrogen-bond donors (Lipinski definition) is 0. The maximum absolute atomic E-state index is 5.86. The Morgan fingerprint density at radius 1 is 1.67 bits per heavy atom. The van der Waals surface area contributed by atoms with Gasteiger partial charge >= 0.3 is 0 Å². The summed E-state index contributed by atoms with van der Waals surface area (Å²) in [4.78, 5) is 0. The van der Waals surface area contributed by atoms with Crippen LogP contribution < -0.4 is 0 Å². The van der Waals surface area contributed by atoms with E-state index >= 15 is 0 Å². The van der Waals surface area contributed by atoms with Crippen molar-refractivity contribution in [1.82, 2.24) is 0 Å². The monoisotopic (exact) mass is 166 g/mol. The minimum atomic E-state index is 0.0222. The topological polar surface area (TPSA) is 9.23 Å². The number of rotatable bonds is 2. The highest BCUT2D eigenvalue weighted by Crippen LogP contribution is 2.36. The van der Waals surface area contributed by atoms with Gasteiger partial charge in [-0.05, 0) is 32.8 Å². The zero-order valence-corrected chi connectivity index (χ0v) is 8.31. The van der Waals surface area contributed by atoms with Crippen molar-refractivity contribution in [3.63, 3.8) is 0 Å². The number of ether oxygens (including phenoxy) is 1. The van der Waals surface area contributed by atoms with Gasteiger partial charge in [-0.3, -0.25) is 0 Å². The third-order valence-corrected chi connectivity index (χ3v) is 2.38. The Morgan fingerprint density at radius 2 is 2.33 bits per heavy atom. The van der Waals surface area contributed by atoms with Crippen LogP contribution in [0.3, 0.4) is 0 Å². The molecule has 0 aliphatic carbocycles. The highest BCUT2D eigenvalue weighted by Gasteiger charge is 2.32. The van der Waals surface area contributed by atoms with Crippen molar-refractivity contribution in [2.75, 3.05) is 0 Å². The second-order valence-corrected chi connectivity index (χ2v) is 3.97. The van der Waals surface area contributed by atoms with Crippen LogP contribution in [0.4, 0.5) is 0 Å². The molecule has 12 heavy (non-hydrogen) atoms. The van der Waals surface area contributed by atoms with Crippen molar-refractivity contribution in [2.45, 2.75) is 45.6 Å². The Labute approximate surface area is 75.1 Å². The number of allylic oxidation sites excluding steroid dienone is 2. The molecule has 1 aliphatic rings. The van der Waals surface area contributed by atoms with Crippen LogP contribution in [0, 0.1) is 0 Å². The molecule has 0 bridgehead atoms. The van der Waals surface area contributed by atoms with Crippen LogP contribution in [0.2, 0.25) is 0 Å². The van der Waals surface area contributed by atoms with E-state index in [2.05, 4.69) is 27.4 Å². The fraction of sp³-hybridized carbons (Fsp3) is 0.636. The van der Waals surface area contributed by atoms with Crippen LogP contribution in [-0.4, -0.2) is 5.60 Å². The van der Waals surface area contributed by atoms with E-state index in [1.54, 1.807) is 0 Å². The van der Waals surface area contributed by atoms with E-state index in [0.29, 0.717) is 0 Å².